The van der Waals surface area contributed by atoms with Crippen LogP contribution in [0.2, 0.25) is 0 Å². The van der Waals surface area contributed by atoms with Gasteiger partial charge in [0, 0.05) is 6.07 Å². The number of halogens is 3. The average Bonchev–Trinajstić information content (AvgIpc) is 2.27. The number of rotatable bonds is 1. The zero-order chi connectivity index (χ0) is 13.3. The Morgan fingerprint density at radius 1 is 1.11 bits per heavy atom. The van der Waals surface area contributed by atoms with Crippen molar-refractivity contribution in [1.29, 1.82) is 0 Å². The second kappa shape index (κ2) is 4.33. The highest BCUT2D eigenvalue weighted by Crippen LogP contribution is 2.30. The highest BCUT2D eigenvalue weighted by molar-refractivity contribution is 5.67. The number of nitrogens with one attached hydrogen (secondary N) is 1. The zero-order valence-corrected chi connectivity index (χ0v) is 9.51. The summed E-state index contributed by atoms with van der Waals surface area (Å²) in [6, 6.07) is 9.09. The molecule has 0 unspecified atom stereocenters. The molecule has 0 saturated carbocycles. The summed E-state index contributed by atoms with van der Waals surface area (Å²) in [7, 11) is 0. The van der Waals surface area contributed by atoms with Gasteiger partial charge in [0.05, 0.1) is 0 Å². The van der Waals surface area contributed by atoms with Crippen LogP contribution in [0.1, 0.15) is 11.3 Å². The van der Waals surface area contributed by atoms with Gasteiger partial charge in [0.2, 0.25) is 5.56 Å². The molecule has 0 saturated heterocycles. The molecular weight excluding hydrogens is 243 g/mol. The van der Waals surface area contributed by atoms with E-state index in [1.165, 1.54) is 0 Å². The Kier molecular flexibility index (Phi) is 2.98. The number of aromatic nitrogens is 1. The molecule has 2 rings (SSSR count). The predicted octanol–water partition coefficient (Wildman–Crippen LogP) is 3.37. The Morgan fingerprint density at radius 2 is 1.78 bits per heavy atom. The van der Waals surface area contributed by atoms with Crippen LogP contribution in [-0.4, -0.2) is 4.98 Å². The number of H-pyrrole nitrogens is 1. The monoisotopic (exact) mass is 253 g/mol. The summed E-state index contributed by atoms with van der Waals surface area (Å²) in [5.41, 5.74) is -0.0918. The molecule has 94 valence electrons. The van der Waals surface area contributed by atoms with E-state index in [1.807, 2.05) is 0 Å². The maximum atomic E-state index is 12.6. The van der Waals surface area contributed by atoms with Crippen molar-refractivity contribution in [3.05, 3.63) is 58.0 Å². The first kappa shape index (κ1) is 12.4. The second-order valence-electron chi connectivity index (χ2n) is 3.96. The minimum atomic E-state index is -4.56. The van der Waals surface area contributed by atoms with Crippen molar-refractivity contribution in [1.82, 2.24) is 4.98 Å². The van der Waals surface area contributed by atoms with Crippen molar-refractivity contribution in [3.63, 3.8) is 0 Å². The number of hydrogen-bond donors (Lipinski definition) is 1. The molecule has 0 atom stereocenters. The minimum absolute atomic E-state index is 0.268. The van der Waals surface area contributed by atoms with Gasteiger partial charge in [-0.25, -0.2) is 0 Å². The first-order valence-corrected chi connectivity index (χ1v) is 5.25. The zero-order valence-electron chi connectivity index (χ0n) is 9.51. The molecule has 0 spiro atoms. The summed E-state index contributed by atoms with van der Waals surface area (Å²) in [4.78, 5) is 13.1. The molecule has 1 N–H and O–H groups in total. The van der Waals surface area contributed by atoms with E-state index in [0.717, 1.165) is 17.7 Å². The molecule has 18 heavy (non-hydrogen) atoms. The number of alkyl halides is 3. The highest BCUT2D eigenvalue weighted by atomic mass is 19.4. The van der Waals surface area contributed by atoms with Crippen LogP contribution in [0.25, 0.3) is 11.1 Å². The predicted molar refractivity (Wildman–Crippen MR) is 62.2 cm³/mol. The molecule has 0 radical (unpaired) electrons. The van der Waals surface area contributed by atoms with E-state index in [4.69, 9.17) is 0 Å². The van der Waals surface area contributed by atoms with Gasteiger partial charge in [0.1, 0.15) is 5.69 Å². The van der Waals surface area contributed by atoms with Crippen molar-refractivity contribution in [2.45, 2.75) is 13.1 Å². The van der Waals surface area contributed by atoms with Gasteiger partial charge in [0.15, 0.2) is 0 Å². The van der Waals surface area contributed by atoms with Crippen LogP contribution in [0.15, 0.2) is 41.2 Å². The molecule has 1 aromatic heterocycles. The first-order valence-electron chi connectivity index (χ1n) is 5.25. The molecule has 2 aromatic rings. The summed E-state index contributed by atoms with van der Waals surface area (Å²) < 4.78 is 37.8. The Balaban J connectivity index is 2.63. The molecule has 0 bridgehead atoms. The van der Waals surface area contributed by atoms with Crippen molar-refractivity contribution in [3.8, 4) is 11.1 Å². The van der Waals surface area contributed by atoms with Gasteiger partial charge < -0.3 is 4.98 Å². The molecule has 5 heteroatoms. The summed E-state index contributed by atoms with van der Waals surface area (Å²) in [6.45, 7) is 1.78. The van der Waals surface area contributed by atoms with Crippen molar-refractivity contribution in [2.24, 2.45) is 0 Å². The Morgan fingerprint density at radius 3 is 2.39 bits per heavy atom. The van der Waals surface area contributed by atoms with Crippen LogP contribution in [0.3, 0.4) is 0 Å². The fraction of sp³-hybridized carbons (Fsp3) is 0.154. The van der Waals surface area contributed by atoms with Crippen LogP contribution >= 0.6 is 0 Å². The smallest absolute Gasteiger partial charge is 0.318 e. The summed E-state index contributed by atoms with van der Waals surface area (Å²) in [5.74, 6) is 0. The highest BCUT2D eigenvalue weighted by Gasteiger charge is 2.32. The van der Waals surface area contributed by atoms with Gasteiger partial charge in [-0.15, -0.1) is 0 Å². The van der Waals surface area contributed by atoms with Gasteiger partial charge in [0.25, 0.3) is 0 Å². The van der Waals surface area contributed by atoms with Crippen LogP contribution in [-0.2, 0) is 6.18 Å². The topological polar surface area (TPSA) is 32.9 Å². The normalized spacial score (nSPS) is 11.6. The molecule has 0 fully saturated rings. The second-order valence-corrected chi connectivity index (χ2v) is 3.96. The molecule has 1 heterocycles. The van der Waals surface area contributed by atoms with E-state index in [0.29, 0.717) is 5.56 Å². The van der Waals surface area contributed by atoms with Gasteiger partial charge in [-0.3, -0.25) is 4.79 Å². The molecule has 2 nitrogen and oxygen atoms in total. The van der Waals surface area contributed by atoms with E-state index in [-0.39, 0.29) is 5.56 Å². The van der Waals surface area contributed by atoms with Gasteiger partial charge in [-0.2, -0.15) is 13.2 Å². The molecule has 0 aliphatic heterocycles. The average molecular weight is 253 g/mol. The van der Waals surface area contributed by atoms with Gasteiger partial charge in [-0.1, -0.05) is 24.3 Å². The first-order chi connectivity index (χ1) is 8.38. The fourth-order valence-corrected chi connectivity index (χ4v) is 1.75. The van der Waals surface area contributed by atoms with Crippen molar-refractivity contribution < 1.29 is 13.2 Å². The van der Waals surface area contributed by atoms with Crippen molar-refractivity contribution >= 4 is 0 Å². The third-order valence-corrected chi connectivity index (χ3v) is 2.61. The van der Waals surface area contributed by atoms with Crippen LogP contribution < -0.4 is 5.56 Å². The fourth-order valence-electron chi connectivity index (χ4n) is 1.75. The number of hydrogen-bond acceptors (Lipinski definition) is 1. The van der Waals surface area contributed by atoms with E-state index in [9.17, 15) is 18.0 Å². The lowest BCUT2D eigenvalue weighted by atomic mass is 10.0. The summed E-state index contributed by atoms with van der Waals surface area (Å²) in [5, 5.41) is 0. The van der Waals surface area contributed by atoms with E-state index in [1.54, 1.807) is 36.2 Å². The summed E-state index contributed by atoms with van der Waals surface area (Å²) in [6.07, 6.45) is -4.56. The largest absolute Gasteiger partial charge is 0.431 e. The molecule has 0 aliphatic rings. The molecule has 0 aliphatic carbocycles. The maximum Gasteiger partial charge on any atom is 0.431 e. The molecule has 1 aromatic carbocycles. The Labute approximate surface area is 101 Å². The lowest BCUT2D eigenvalue weighted by Crippen LogP contribution is -2.16. The number of pyridine rings is 1. The standard InChI is InChI=1S/C13H10F3NO/c1-8-4-2-3-5-10(8)9-6-11(13(14,15)16)17-12(18)7-9/h2-7H,1H3,(H,17,18). The number of aryl methyl sites for hydroxylation is 1. The van der Waals surface area contributed by atoms with E-state index < -0.39 is 17.4 Å². The quantitative estimate of drug-likeness (QED) is 0.830. The Bertz CT molecular complexity index is 629. The Hall–Kier alpha value is -2.04. The van der Waals surface area contributed by atoms with E-state index in [2.05, 4.69) is 0 Å². The third-order valence-electron chi connectivity index (χ3n) is 2.61. The summed E-state index contributed by atoms with van der Waals surface area (Å²) >= 11 is 0. The maximum absolute atomic E-state index is 12.6. The van der Waals surface area contributed by atoms with Gasteiger partial charge in [-0.05, 0) is 29.7 Å². The SMILES string of the molecule is Cc1ccccc1-c1cc(C(F)(F)F)[nH]c(=O)c1. The van der Waals surface area contributed by atoms with Gasteiger partial charge >= 0.3 is 6.18 Å². The number of aromatic amines is 1. The third kappa shape index (κ3) is 2.45. The number of benzene rings is 1. The van der Waals surface area contributed by atoms with Crippen LogP contribution in [0, 0.1) is 6.92 Å². The van der Waals surface area contributed by atoms with Crippen molar-refractivity contribution in [2.75, 3.05) is 0 Å². The minimum Gasteiger partial charge on any atom is -0.318 e. The molecular formula is C13H10F3NO. The molecule has 0 amide bonds. The van der Waals surface area contributed by atoms with Crippen LogP contribution in [0.5, 0.6) is 0 Å². The van der Waals surface area contributed by atoms with Crippen LogP contribution in [0.4, 0.5) is 13.2 Å². The lowest BCUT2D eigenvalue weighted by molar-refractivity contribution is -0.141. The lowest BCUT2D eigenvalue weighted by Gasteiger charge is -2.10. The van der Waals surface area contributed by atoms with E-state index >= 15 is 0 Å².